The second-order valence-corrected chi connectivity index (χ2v) is 9.79. The quantitative estimate of drug-likeness (QED) is 0.290. The van der Waals surface area contributed by atoms with Gasteiger partial charge in [-0.15, -0.1) is 11.3 Å². The molecule has 0 spiro atoms. The summed E-state index contributed by atoms with van der Waals surface area (Å²) in [5.74, 6) is 0.591. The van der Waals surface area contributed by atoms with E-state index in [0.29, 0.717) is 30.4 Å². The van der Waals surface area contributed by atoms with Crippen LogP contribution in [0, 0.1) is 0 Å². The van der Waals surface area contributed by atoms with E-state index in [1.165, 1.54) is 0 Å². The first kappa shape index (κ1) is 21.3. The third-order valence-corrected chi connectivity index (χ3v) is 7.48. The summed E-state index contributed by atoms with van der Waals surface area (Å²) < 4.78 is 25.7. The number of thiophene rings is 1. The maximum Gasteiger partial charge on any atom is 0.191 e. The van der Waals surface area contributed by atoms with Crippen LogP contribution in [0.2, 0.25) is 0 Å². The van der Waals surface area contributed by atoms with Gasteiger partial charge < -0.3 is 15.7 Å². The zero-order chi connectivity index (χ0) is 20.7. The van der Waals surface area contributed by atoms with Crippen molar-refractivity contribution in [3.63, 3.8) is 0 Å². The number of hydrogen-bond acceptors (Lipinski definition) is 5. The summed E-state index contributed by atoms with van der Waals surface area (Å²) in [4.78, 5) is 5.36. The summed E-state index contributed by atoms with van der Waals surface area (Å²) in [6, 6.07) is 18.5. The van der Waals surface area contributed by atoms with Crippen LogP contribution in [-0.4, -0.2) is 45.4 Å². The van der Waals surface area contributed by atoms with Crippen molar-refractivity contribution < 1.29 is 13.5 Å². The van der Waals surface area contributed by atoms with Crippen LogP contribution in [0.25, 0.3) is 10.1 Å². The molecule has 0 fully saturated rings. The Morgan fingerprint density at radius 2 is 1.83 bits per heavy atom. The molecule has 154 valence electrons. The monoisotopic (exact) mass is 431 g/mol. The highest BCUT2D eigenvalue weighted by atomic mass is 32.2. The van der Waals surface area contributed by atoms with Crippen molar-refractivity contribution in [2.45, 2.75) is 17.4 Å². The normalized spacial score (nSPS) is 13.4. The van der Waals surface area contributed by atoms with Gasteiger partial charge in [-0.05, 0) is 36.1 Å². The third kappa shape index (κ3) is 5.79. The number of aliphatic imine (C=N–C) groups is 1. The molecule has 0 aliphatic heterocycles. The molecule has 0 aliphatic rings. The van der Waals surface area contributed by atoms with Crippen molar-refractivity contribution in [2.24, 2.45) is 4.99 Å². The number of guanidine groups is 1. The lowest BCUT2D eigenvalue weighted by Gasteiger charge is -2.14. The highest BCUT2D eigenvalue weighted by molar-refractivity contribution is 7.91. The molecule has 0 amide bonds. The van der Waals surface area contributed by atoms with Gasteiger partial charge in [0, 0.05) is 29.7 Å². The average Bonchev–Trinajstić information content (AvgIpc) is 3.18. The highest BCUT2D eigenvalue weighted by Crippen LogP contribution is 2.29. The van der Waals surface area contributed by atoms with Crippen molar-refractivity contribution in [2.75, 3.05) is 25.9 Å². The molecule has 1 atom stereocenters. The molecule has 1 unspecified atom stereocenters. The van der Waals surface area contributed by atoms with E-state index >= 15 is 0 Å². The van der Waals surface area contributed by atoms with E-state index in [1.54, 1.807) is 48.7 Å². The molecule has 1 aromatic heterocycles. The highest BCUT2D eigenvalue weighted by Gasteiger charge is 2.14. The molecule has 0 saturated heterocycles. The van der Waals surface area contributed by atoms with Crippen LogP contribution in [-0.2, 0) is 9.84 Å². The van der Waals surface area contributed by atoms with Crippen LogP contribution < -0.4 is 10.6 Å². The molecule has 3 aromatic rings. The van der Waals surface area contributed by atoms with Crippen LogP contribution in [0.3, 0.4) is 0 Å². The smallest absolute Gasteiger partial charge is 0.191 e. The van der Waals surface area contributed by atoms with Crippen LogP contribution >= 0.6 is 11.3 Å². The van der Waals surface area contributed by atoms with E-state index in [9.17, 15) is 13.5 Å². The van der Waals surface area contributed by atoms with Gasteiger partial charge in [0.05, 0.1) is 10.6 Å². The summed E-state index contributed by atoms with van der Waals surface area (Å²) in [6.07, 6.45) is -0.194. The number of aliphatic hydroxyl groups excluding tert-OH is 1. The van der Waals surface area contributed by atoms with Crippen molar-refractivity contribution in [1.82, 2.24) is 10.6 Å². The molecule has 0 aliphatic carbocycles. The second kappa shape index (κ2) is 9.87. The Kier molecular flexibility index (Phi) is 7.24. The van der Waals surface area contributed by atoms with Gasteiger partial charge in [-0.25, -0.2) is 8.42 Å². The fourth-order valence-electron chi connectivity index (χ4n) is 2.90. The molecular formula is C21H25N3O3S2. The molecule has 6 nitrogen and oxygen atoms in total. The number of aliphatic hydroxyl groups is 1. The number of nitrogens with zero attached hydrogens (tertiary/aromatic N) is 1. The lowest BCUT2D eigenvalue weighted by atomic mass is 10.2. The Labute approximate surface area is 175 Å². The molecule has 0 radical (unpaired) electrons. The van der Waals surface area contributed by atoms with Gasteiger partial charge in [-0.3, -0.25) is 4.99 Å². The van der Waals surface area contributed by atoms with E-state index in [4.69, 9.17) is 0 Å². The summed E-state index contributed by atoms with van der Waals surface area (Å²) in [7, 11) is -1.64. The Morgan fingerprint density at radius 3 is 2.55 bits per heavy atom. The zero-order valence-electron chi connectivity index (χ0n) is 16.2. The van der Waals surface area contributed by atoms with E-state index in [-0.39, 0.29) is 5.75 Å². The fraction of sp³-hybridized carbons (Fsp3) is 0.286. The van der Waals surface area contributed by atoms with Gasteiger partial charge in [-0.2, -0.15) is 0 Å². The second-order valence-electron chi connectivity index (χ2n) is 6.57. The molecule has 0 bridgehead atoms. The number of fused-ring (bicyclic) bond motifs is 1. The van der Waals surface area contributed by atoms with Crippen LogP contribution in [0.4, 0.5) is 0 Å². The summed E-state index contributed by atoms with van der Waals surface area (Å²) >= 11 is 1.57. The first-order valence-corrected chi connectivity index (χ1v) is 11.9. The van der Waals surface area contributed by atoms with Gasteiger partial charge in [0.1, 0.15) is 6.10 Å². The predicted molar refractivity (Wildman–Crippen MR) is 119 cm³/mol. The first-order chi connectivity index (χ1) is 14.0. The first-order valence-electron chi connectivity index (χ1n) is 9.38. The summed E-state index contributed by atoms with van der Waals surface area (Å²) in [5.41, 5.74) is 0. The van der Waals surface area contributed by atoms with Gasteiger partial charge >= 0.3 is 0 Å². The Hall–Kier alpha value is -2.42. The Balaban J connectivity index is 1.44. The number of nitrogens with one attached hydrogen (secondary N) is 2. The zero-order valence-corrected chi connectivity index (χ0v) is 17.8. The number of rotatable bonds is 8. The number of hydrogen-bond donors (Lipinski definition) is 3. The van der Waals surface area contributed by atoms with Crippen LogP contribution in [0.15, 0.2) is 70.6 Å². The van der Waals surface area contributed by atoms with Gasteiger partial charge in [-0.1, -0.05) is 36.4 Å². The maximum absolute atomic E-state index is 12.3. The van der Waals surface area contributed by atoms with E-state index < -0.39 is 15.9 Å². The largest absolute Gasteiger partial charge is 0.386 e. The Morgan fingerprint density at radius 1 is 1.10 bits per heavy atom. The lowest BCUT2D eigenvalue weighted by molar-refractivity contribution is 0.184. The van der Waals surface area contributed by atoms with E-state index in [0.717, 1.165) is 15.0 Å². The molecule has 3 rings (SSSR count). The average molecular weight is 432 g/mol. The SMILES string of the molecule is CN=C(NCCCS(=O)(=O)c1ccccc1)NCC(O)c1cc2ccccc2s1. The van der Waals surface area contributed by atoms with Gasteiger partial charge in [0.15, 0.2) is 15.8 Å². The van der Waals surface area contributed by atoms with Crippen molar-refractivity contribution in [3.05, 3.63) is 65.5 Å². The molecule has 0 saturated carbocycles. The minimum atomic E-state index is -3.28. The molecular weight excluding hydrogens is 406 g/mol. The minimum absolute atomic E-state index is 0.0609. The maximum atomic E-state index is 12.3. The van der Waals surface area contributed by atoms with Crippen molar-refractivity contribution in [1.29, 1.82) is 0 Å². The molecule has 8 heteroatoms. The van der Waals surface area contributed by atoms with E-state index in [2.05, 4.69) is 15.6 Å². The van der Waals surface area contributed by atoms with Crippen LogP contribution in [0.5, 0.6) is 0 Å². The standard InChI is InChI=1S/C21H25N3O3S2/c1-22-21(23-12-7-13-29(26,27)17-9-3-2-4-10-17)24-15-18(25)20-14-16-8-5-6-11-19(16)28-20/h2-6,8-11,14,18,25H,7,12-13,15H2,1H3,(H2,22,23,24). The molecule has 2 aromatic carbocycles. The van der Waals surface area contributed by atoms with Crippen molar-refractivity contribution >= 4 is 37.2 Å². The molecule has 3 N–H and O–H groups in total. The van der Waals surface area contributed by atoms with E-state index in [1.807, 2.05) is 30.3 Å². The topological polar surface area (TPSA) is 90.8 Å². The number of sulfone groups is 1. The van der Waals surface area contributed by atoms with Crippen molar-refractivity contribution in [3.8, 4) is 0 Å². The van der Waals surface area contributed by atoms with Gasteiger partial charge in [0.2, 0.25) is 0 Å². The summed E-state index contributed by atoms with van der Waals surface area (Å²) in [5, 5.41) is 17.8. The fourth-order valence-corrected chi connectivity index (χ4v) is 5.28. The Bertz CT molecular complexity index is 1030. The van der Waals surface area contributed by atoms with Gasteiger partial charge in [0.25, 0.3) is 0 Å². The third-order valence-electron chi connectivity index (χ3n) is 4.44. The minimum Gasteiger partial charge on any atom is -0.386 e. The lowest BCUT2D eigenvalue weighted by Crippen LogP contribution is -2.40. The summed E-state index contributed by atoms with van der Waals surface area (Å²) in [6.45, 7) is 0.777. The molecule has 29 heavy (non-hydrogen) atoms. The van der Waals surface area contributed by atoms with Crippen LogP contribution in [0.1, 0.15) is 17.4 Å². The predicted octanol–water partition coefficient (Wildman–Crippen LogP) is 2.96. The number of benzene rings is 2. The molecule has 1 heterocycles.